The number of benzene rings is 4. The second-order valence-electron chi connectivity index (χ2n) is 12.2. The van der Waals surface area contributed by atoms with Crippen molar-refractivity contribution in [3.8, 4) is 0 Å². The normalized spacial score (nSPS) is 14.2. The van der Waals surface area contributed by atoms with Gasteiger partial charge in [0.2, 0.25) is 0 Å². The predicted molar refractivity (Wildman–Crippen MR) is 189 cm³/mol. The number of ether oxygens (including phenoxy) is 1. The molecule has 0 unspecified atom stereocenters. The highest BCUT2D eigenvalue weighted by Crippen LogP contribution is 2.19. The molecule has 2 aliphatic rings. The van der Waals surface area contributed by atoms with Gasteiger partial charge in [-0.1, -0.05) is 71.8 Å². The minimum atomic E-state index is -4.27. The van der Waals surface area contributed by atoms with Gasteiger partial charge in [-0.15, -0.1) is 0 Å². The van der Waals surface area contributed by atoms with Crippen LogP contribution in [0, 0.1) is 13.8 Å². The maximum Gasteiger partial charge on any atom is 0.185 e. The zero-order valence-electron chi connectivity index (χ0n) is 28.5. The van der Waals surface area contributed by atoms with Crippen molar-refractivity contribution in [3.63, 3.8) is 0 Å². The molecule has 0 radical (unpaired) electrons. The van der Waals surface area contributed by atoms with Crippen molar-refractivity contribution in [1.29, 1.82) is 0 Å². The number of nitrogens with zero attached hydrogens (tertiary/aromatic N) is 2. The number of hydrogen-bond acceptors (Lipinski definition) is 7. The molecular weight excluding hydrogens is 661 g/mol. The smallest absolute Gasteiger partial charge is 0.185 e. The van der Waals surface area contributed by atoms with Gasteiger partial charge in [0.05, 0.1) is 35.8 Å². The number of hydrogen-bond donors (Lipinski definition) is 0. The fraction of sp³-hybridized carbons (Fsp3) is 0.316. The Morgan fingerprint density at radius 1 is 0.571 bits per heavy atom. The summed E-state index contributed by atoms with van der Waals surface area (Å²) in [6.45, 7) is 7.42. The lowest BCUT2D eigenvalue weighted by Crippen LogP contribution is -2.29. The SMILES string of the molecule is C[N+]1=C(CCOCCC2=[N+](C)CCc3ccccc32)c2ccccc2CC1.Cc1ccc(S(=O)(=O)[O-])cc1.Cc1ccc(S(=O)(=O)[O-])cc1. The van der Waals surface area contributed by atoms with Gasteiger partial charge in [0.1, 0.15) is 47.4 Å². The van der Waals surface area contributed by atoms with Crippen LogP contribution in [0.4, 0.5) is 0 Å². The Morgan fingerprint density at radius 3 is 1.27 bits per heavy atom. The van der Waals surface area contributed by atoms with E-state index in [-0.39, 0.29) is 9.79 Å². The molecule has 9 nitrogen and oxygen atoms in total. The van der Waals surface area contributed by atoms with Gasteiger partial charge in [-0.2, -0.15) is 0 Å². The molecule has 0 atom stereocenters. The first kappa shape index (κ1) is 37.8. The van der Waals surface area contributed by atoms with E-state index in [0.717, 1.165) is 63.1 Å². The number of fused-ring (bicyclic) bond motifs is 2. The molecule has 0 aromatic heterocycles. The second kappa shape index (κ2) is 17.1. The summed E-state index contributed by atoms with van der Waals surface area (Å²) in [4.78, 5) is -0.355. The summed E-state index contributed by atoms with van der Waals surface area (Å²) < 4.78 is 73.2. The zero-order valence-corrected chi connectivity index (χ0v) is 30.1. The van der Waals surface area contributed by atoms with E-state index < -0.39 is 20.2 Å². The average molecular weight is 705 g/mol. The fourth-order valence-corrected chi connectivity index (χ4v) is 6.74. The van der Waals surface area contributed by atoms with E-state index in [2.05, 4.69) is 71.8 Å². The molecule has 2 aliphatic heterocycles. The largest absolute Gasteiger partial charge is 0.744 e. The van der Waals surface area contributed by atoms with Crippen LogP contribution in [0.5, 0.6) is 0 Å². The average Bonchev–Trinajstić information content (AvgIpc) is 3.06. The van der Waals surface area contributed by atoms with Gasteiger partial charge in [-0.25, -0.2) is 26.0 Å². The first-order chi connectivity index (χ1) is 23.2. The fourth-order valence-electron chi connectivity index (χ4n) is 5.80. The molecule has 0 aliphatic carbocycles. The van der Waals surface area contributed by atoms with Crippen LogP contribution < -0.4 is 0 Å². The van der Waals surface area contributed by atoms with E-state index >= 15 is 0 Å². The number of likely N-dealkylation sites (N-methyl/N-ethyl adjacent to an activating group) is 2. The van der Waals surface area contributed by atoms with E-state index in [1.807, 2.05) is 13.8 Å². The van der Waals surface area contributed by atoms with E-state index in [4.69, 9.17) is 4.74 Å². The van der Waals surface area contributed by atoms with Crippen LogP contribution >= 0.6 is 0 Å². The van der Waals surface area contributed by atoms with Crippen LogP contribution in [-0.4, -0.2) is 86.9 Å². The first-order valence-corrected chi connectivity index (χ1v) is 19.0. The minimum absolute atomic E-state index is 0.178. The molecule has 4 aromatic rings. The number of aryl methyl sites for hydroxylation is 2. The highest BCUT2D eigenvalue weighted by Gasteiger charge is 2.24. The molecule has 0 saturated heterocycles. The summed E-state index contributed by atoms with van der Waals surface area (Å²) in [6, 6.07) is 29.2. The molecular formula is C38H44N2O7S2. The minimum Gasteiger partial charge on any atom is -0.744 e. The van der Waals surface area contributed by atoms with Crippen molar-refractivity contribution < 1.29 is 39.8 Å². The summed E-state index contributed by atoms with van der Waals surface area (Å²) in [6.07, 6.45) is 4.24. The highest BCUT2D eigenvalue weighted by atomic mass is 32.2. The van der Waals surface area contributed by atoms with Crippen molar-refractivity contribution in [3.05, 3.63) is 130 Å². The van der Waals surface area contributed by atoms with E-state index in [0.29, 0.717) is 0 Å². The first-order valence-electron chi connectivity index (χ1n) is 16.2. The molecule has 0 saturated carbocycles. The molecule has 2 heterocycles. The Bertz CT molecular complexity index is 1870. The lowest BCUT2D eigenvalue weighted by atomic mass is 9.95. The van der Waals surface area contributed by atoms with Gasteiger partial charge in [-0.3, -0.25) is 0 Å². The van der Waals surface area contributed by atoms with Gasteiger partial charge >= 0.3 is 0 Å². The molecule has 0 spiro atoms. The summed E-state index contributed by atoms with van der Waals surface area (Å²) in [5, 5.41) is 0. The molecule has 4 aromatic carbocycles. The Morgan fingerprint density at radius 2 is 0.918 bits per heavy atom. The Balaban J connectivity index is 0.000000202. The monoisotopic (exact) mass is 704 g/mol. The van der Waals surface area contributed by atoms with Gasteiger partial charge in [-0.05, 0) is 61.4 Å². The Kier molecular flexibility index (Phi) is 13.2. The standard InChI is InChI=1S/C24H30N2O.2C7H8O3S/c1-25-15-11-19-7-3-5-9-21(19)23(25)13-17-27-18-14-24-22-10-6-4-8-20(22)12-16-26(24)2;2*1-6-2-4-7(5-3-6)11(8,9)10/h3-10H,11-18H2,1-2H3;2*2-5H,1H3,(H,8,9,10)/q+2;;/p-2. The quantitative estimate of drug-likeness (QED) is 0.144. The van der Waals surface area contributed by atoms with Crippen LogP contribution in [0.1, 0.15) is 46.2 Å². The molecule has 0 bridgehead atoms. The summed E-state index contributed by atoms with van der Waals surface area (Å²) in [7, 11) is -4.13. The molecule has 0 amide bonds. The van der Waals surface area contributed by atoms with Crippen LogP contribution in [0.15, 0.2) is 107 Å². The predicted octanol–water partition coefficient (Wildman–Crippen LogP) is 4.96. The molecule has 49 heavy (non-hydrogen) atoms. The maximum atomic E-state index is 10.4. The summed E-state index contributed by atoms with van der Waals surface area (Å²) >= 11 is 0. The van der Waals surface area contributed by atoms with Gasteiger partial charge in [0.25, 0.3) is 0 Å². The van der Waals surface area contributed by atoms with Gasteiger partial charge in [0, 0.05) is 24.0 Å². The van der Waals surface area contributed by atoms with Crippen molar-refractivity contribution in [2.75, 3.05) is 40.4 Å². The third-order valence-electron chi connectivity index (χ3n) is 8.60. The van der Waals surface area contributed by atoms with Crippen LogP contribution in [0.2, 0.25) is 0 Å². The molecule has 0 fully saturated rings. The van der Waals surface area contributed by atoms with E-state index in [9.17, 15) is 25.9 Å². The zero-order chi connectivity index (χ0) is 35.6. The summed E-state index contributed by atoms with van der Waals surface area (Å²) in [5.74, 6) is 0. The van der Waals surface area contributed by atoms with Crippen molar-refractivity contribution >= 4 is 31.7 Å². The molecule has 260 valence electrons. The van der Waals surface area contributed by atoms with Crippen molar-refractivity contribution in [1.82, 2.24) is 0 Å². The Labute approximate surface area is 290 Å². The van der Waals surface area contributed by atoms with Crippen molar-refractivity contribution in [2.45, 2.75) is 49.3 Å². The van der Waals surface area contributed by atoms with Crippen LogP contribution in [0.3, 0.4) is 0 Å². The number of rotatable bonds is 8. The van der Waals surface area contributed by atoms with E-state index in [1.54, 1.807) is 24.3 Å². The molecule has 11 heteroatoms. The topological polar surface area (TPSA) is 130 Å². The Hall–Kier alpha value is -4.00. The lowest BCUT2D eigenvalue weighted by molar-refractivity contribution is -0.499. The van der Waals surface area contributed by atoms with Crippen LogP contribution in [-0.2, 0) is 37.8 Å². The maximum absolute atomic E-state index is 10.4. The molecule has 6 rings (SSSR count). The third kappa shape index (κ3) is 11.0. The van der Waals surface area contributed by atoms with Crippen molar-refractivity contribution in [2.24, 2.45) is 0 Å². The highest BCUT2D eigenvalue weighted by molar-refractivity contribution is 7.86. The van der Waals surface area contributed by atoms with Gasteiger partial charge in [0.15, 0.2) is 11.4 Å². The lowest BCUT2D eigenvalue weighted by Gasteiger charge is -2.17. The third-order valence-corrected chi connectivity index (χ3v) is 10.3. The molecule has 0 N–H and O–H groups in total. The van der Waals surface area contributed by atoms with Gasteiger partial charge < -0.3 is 13.8 Å². The second-order valence-corrected chi connectivity index (χ2v) is 15.0. The summed E-state index contributed by atoms with van der Waals surface area (Å²) in [5.41, 5.74) is 10.5. The van der Waals surface area contributed by atoms with E-state index in [1.165, 1.54) is 57.9 Å². The van der Waals surface area contributed by atoms with Crippen LogP contribution in [0.25, 0.3) is 0 Å².